The van der Waals surface area contributed by atoms with E-state index in [-0.39, 0.29) is 11.8 Å². The Bertz CT molecular complexity index is 962. The minimum Gasteiger partial charge on any atom is -0.496 e. The van der Waals surface area contributed by atoms with Gasteiger partial charge in [0.2, 0.25) is 0 Å². The van der Waals surface area contributed by atoms with Crippen LogP contribution in [0.15, 0.2) is 47.4 Å². The van der Waals surface area contributed by atoms with E-state index in [1.165, 1.54) is 0 Å². The maximum absolute atomic E-state index is 13.7. The molecule has 2 aromatic carbocycles. The Morgan fingerprint density at radius 1 is 1.20 bits per heavy atom. The van der Waals surface area contributed by atoms with Gasteiger partial charge in [-0.15, -0.1) is 0 Å². The summed E-state index contributed by atoms with van der Waals surface area (Å²) in [5, 5.41) is 4.64. The van der Waals surface area contributed by atoms with Crippen molar-refractivity contribution >= 4 is 25.8 Å². The van der Waals surface area contributed by atoms with Gasteiger partial charge in [0.15, 0.2) is 9.84 Å². The number of hydrogen-bond donors (Lipinski definition) is 1. The molecule has 0 saturated heterocycles. The van der Waals surface area contributed by atoms with Gasteiger partial charge in [0.1, 0.15) is 5.75 Å². The number of halogens is 1. The monoisotopic (exact) mass is 493 g/mol. The van der Waals surface area contributed by atoms with Crippen molar-refractivity contribution in [2.75, 3.05) is 18.2 Å². The summed E-state index contributed by atoms with van der Waals surface area (Å²) in [4.78, 5) is 0.445. The smallest absolute Gasteiger partial charge is 0.180 e. The summed E-state index contributed by atoms with van der Waals surface area (Å²) in [7, 11) is -1.81. The highest BCUT2D eigenvalue weighted by Gasteiger charge is 2.42. The van der Waals surface area contributed by atoms with E-state index < -0.39 is 15.4 Å². The van der Waals surface area contributed by atoms with Gasteiger partial charge < -0.3 is 4.74 Å². The highest BCUT2D eigenvalue weighted by Crippen LogP contribution is 2.40. The molecule has 2 atom stereocenters. The Morgan fingerprint density at radius 2 is 1.93 bits per heavy atom. The van der Waals surface area contributed by atoms with Crippen LogP contribution < -0.4 is 10.1 Å². The SMILES string of the molecule is CCC[C@]1(CC)CS(=O)(=O)c2cc(CCCBr)c(OC)cc2[C@@H](c2ccccc2)N1. The third-order valence-electron chi connectivity index (χ3n) is 6.09. The molecule has 0 bridgehead atoms. The van der Waals surface area contributed by atoms with E-state index in [1.54, 1.807) is 7.11 Å². The summed E-state index contributed by atoms with van der Waals surface area (Å²) >= 11 is 3.48. The molecule has 0 fully saturated rings. The highest BCUT2D eigenvalue weighted by molar-refractivity contribution is 9.09. The number of alkyl halides is 1. The van der Waals surface area contributed by atoms with E-state index in [1.807, 2.05) is 30.3 Å². The van der Waals surface area contributed by atoms with Crippen LogP contribution in [0, 0.1) is 0 Å². The zero-order valence-corrected chi connectivity index (χ0v) is 20.5. The fraction of sp³-hybridized carbons (Fsp3) is 0.500. The quantitative estimate of drug-likeness (QED) is 0.497. The maximum Gasteiger partial charge on any atom is 0.180 e. The molecule has 2 aromatic rings. The summed E-state index contributed by atoms with van der Waals surface area (Å²) in [6, 6.07) is 13.7. The lowest BCUT2D eigenvalue weighted by molar-refractivity contribution is 0.299. The van der Waals surface area contributed by atoms with Crippen molar-refractivity contribution in [3.8, 4) is 5.75 Å². The molecule has 0 aliphatic carbocycles. The minimum absolute atomic E-state index is 0.116. The third kappa shape index (κ3) is 4.76. The Kier molecular flexibility index (Phi) is 7.64. The molecule has 1 aliphatic rings. The predicted octanol–water partition coefficient (Wildman–Crippen LogP) is 5.44. The number of methoxy groups -OCH3 is 1. The number of ether oxygens (including phenoxy) is 1. The first-order valence-corrected chi connectivity index (χ1v) is 13.5. The Hall–Kier alpha value is -1.37. The van der Waals surface area contributed by atoms with E-state index in [4.69, 9.17) is 4.74 Å². The van der Waals surface area contributed by atoms with Crippen molar-refractivity contribution < 1.29 is 13.2 Å². The zero-order valence-electron chi connectivity index (χ0n) is 18.1. The molecule has 0 amide bonds. The number of nitrogens with one attached hydrogen (secondary N) is 1. The van der Waals surface area contributed by atoms with E-state index in [0.29, 0.717) is 4.90 Å². The number of rotatable bonds is 8. The van der Waals surface area contributed by atoms with Crippen LogP contribution in [0.5, 0.6) is 5.75 Å². The van der Waals surface area contributed by atoms with Crippen molar-refractivity contribution in [2.45, 2.75) is 62.4 Å². The number of benzene rings is 2. The van der Waals surface area contributed by atoms with Crippen LogP contribution in [0.2, 0.25) is 0 Å². The average molecular weight is 494 g/mol. The summed E-state index contributed by atoms with van der Waals surface area (Å²) in [6.45, 7) is 4.20. The molecule has 0 unspecified atom stereocenters. The molecule has 1 aliphatic heterocycles. The molecular weight excluding hydrogens is 462 g/mol. The molecule has 30 heavy (non-hydrogen) atoms. The molecule has 4 nitrogen and oxygen atoms in total. The van der Waals surface area contributed by atoms with Crippen LogP contribution in [0.3, 0.4) is 0 Å². The minimum atomic E-state index is -3.46. The first-order chi connectivity index (χ1) is 14.4. The van der Waals surface area contributed by atoms with Crippen molar-refractivity contribution in [1.29, 1.82) is 0 Å². The Labute approximate surface area is 189 Å². The molecular formula is C24H32BrNO3S. The number of aryl methyl sites for hydroxylation is 1. The molecule has 0 saturated carbocycles. The van der Waals surface area contributed by atoms with Gasteiger partial charge in [-0.25, -0.2) is 8.42 Å². The van der Waals surface area contributed by atoms with Gasteiger partial charge >= 0.3 is 0 Å². The Morgan fingerprint density at radius 3 is 2.53 bits per heavy atom. The largest absolute Gasteiger partial charge is 0.496 e. The molecule has 164 valence electrons. The lowest BCUT2D eigenvalue weighted by Crippen LogP contribution is -2.50. The molecule has 1 N–H and O–H groups in total. The second-order valence-corrected chi connectivity index (χ2v) is 10.9. The van der Waals surface area contributed by atoms with Gasteiger partial charge in [-0.2, -0.15) is 0 Å². The topological polar surface area (TPSA) is 55.4 Å². The molecule has 6 heteroatoms. The first-order valence-electron chi connectivity index (χ1n) is 10.7. The van der Waals surface area contributed by atoms with Crippen LogP contribution in [0.4, 0.5) is 0 Å². The fourth-order valence-corrected chi connectivity index (χ4v) is 6.99. The molecule has 3 rings (SSSR count). The van der Waals surface area contributed by atoms with Crippen molar-refractivity contribution in [3.63, 3.8) is 0 Å². The van der Waals surface area contributed by atoms with Gasteiger partial charge in [-0.05, 0) is 54.5 Å². The van der Waals surface area contributed by atoms with Crippen LogP contribution in [0.1, 0.15) is 62.3 Å². The third-order valence-corrected chi connectivity index (χ3v) is 8.61. The predicted molar refractivity (Wildman–Crippen MR) is 127 cm³/mol. The number of fused-ring (bicyclic) bond motifs is 1. The fourth-order valence-electron chi connectivity index (χ4n) is 4.53. The summed E-state index contributed by atoms with van der Waals surface area (Å²) < 4.78 is 33.0. The molecule has 0 aromatic heterocycles. The second kappa shape index (κ2) is 9.84. The van der Waals surface area contributed by atoms with Gasteiger partial charge in [-0.1, -0.05) is 66.5 Å². The normalized spacial score (nSPS) is 22.9. The number of sulfone groups is 1. The van der Waals surface area contributed by atoms with Crippen LogP contribution in [-0.4, -0.2) is 32.1 Å². The standard InChI is InChI=1S/C24H32BrNO3S/c1-4-13-24(5-2)17-30(27,28)22-15-19(12-9-14-25)21(29-3)16-20(22)23(26-24)18-10-7-6-8-11-18/h6-8,10-11,15-16,23,26H,4-5,9,12-14,17H2,1-3H3/t23-,24-/m1/s1. The first kappa shape index (κ1) is 23.3. The lowest BCUT2D eigenvalue weighted by Gasteiger charge is -2.35. The molecule has 0 spiro atoms. The van der Waals surface area contributed by atoms with Crippen molar-refractivity contribution in [3.05, 3.63) is 59.2 Å². The van der Waals surface area contributed by atoms with Crippen molar-refractivity contribution in [2.24, 2.45) is 0 Å². The van der Waals surface area contributed by atoms with Gasteiger partial charge in [0, 0.05) is 10.9 Å². The summed E-state index contributed by atoms with van der Waals surface area (Å²) in [6.07, 6.45) is 4.19. The second-order valence-electron chi connectivity index (χ2n) is 8.13. The van der Waals surface area contributed by atoms with Crippen molar-refractivity contribution in [1.82, 2.24) is 5.32 Å². The molecule has 1 heterocycles. The highest BCUT2D eigenvalue weighted by atomic mass is 79.9. The summed E-state index contributed by atoms with van der Waals surface area (Å²) in [5.41, 5.74) is 2.34. The van der Waals surface area contributed by atoms with Gasteiger partial charge in [-0.3, -0.25) is 5.32 Å². The average Bonchev–Trinajstić information content (AvgIpc) is 2.84. The van der Waals surface area contributed by atoms with Crippen LogP contribution in [-0.2, 0) is 16.3 Å². The lowest BCUT2D eigenvalue weighted by atomic mass is 9.88. The summed E-state index contributed by atoms with van der Waals surface area (Å²) in [5.74, 6) is 0.873. The van der Waals surface area contributed by atoms with Gasteiger partial charge in [0.25, 0.3) is 0 Å². The zero-order chi connectivity index (χ0) is 21.8. The van der Waals surface area contributed by atoms with E-state index in [0.717, 1.165) is 59.9 Å². The molecule has 0 radical (unpaired) electrons. The Balaban J connectivity index is 2.26. The van der Waals surface area contributed by atoms with Crippen LogP contribution >= 0.6 is 15.9 Å². The van der Waals surface area contributed by atoms with Gasteiger partial charge in [0.05, 0.1) is 23.8 Å². The van der Waals surface area contributed by atoms with E-state index >= 15 is 0 Å². The van der Waals surface area contributed by atoms with E-state index in [9.17, 15) is 8.42 Å². The maximum atomic E-state index is 13.7. The van der Waals surface area contributed by atoms with E-state index in [2.05, 4.69) is 47.2 Å². The number of hydrogen-bond acceptors (Lipinski definition) is 4. The van der Waals surface area contributed by atoms with Crippen LogP contribution in [0.25, 0.3) is 0 Å².